The highest BCUT2D eigenvalue weighted by atomic mass is 32.2. The lowest BCUT2D eigenvalue weighted by molar-refractivity contribution is 0.271. The van der Waals surface area contributed by atoms with Crippen LogP contribution < -0.4 is 5.73 Å². The molecule has 1 aromatic heterocycles. The molecule has 1 rings (SSSR count). The molecule has 1 unspecified atom stereocenters. The van der Waals surface area contributed by atoms with Crippen LogP contribution in [0.3, 0.4) is 0 Å². The van der Waals surface area contributed by atoms with E-state index in [0.29, 0.717) is 18.8 Å². The lowest BCUT2D eigenvalue weighted by Gasteiger charge is -2.29. The molecule has 0 saturated carbocycles. The van der Waals surface area contributed by atoms with Crippen LogP contribution in [0, 0.1) is 0 Å². The van der Waals surface area contributed by atoms with Gasteiger partial charge in [-0.25, -0.2) is 8.42 Å². The molecule has 20 heavy (non-hydrogen) atoms. The number of sulfonamides is 1. The van der Waals surface area contributed by atoms with E-state index in [0.717, 1.165) is 0 Å². The van der Waals surface area contributed by atoms with Gasteiger partial charge < -0.3 is 10.6 Å². The molecule has 0 aliphatic heterocycles. The Morgan fingerprint density at radius 1 is 1.40 bits per heavy atom. The van der Waals surface area contributed by atoms with Gasteiger partial charge in [0.25, 0.3) is 0 Å². The molecule has 0 aromatic carbocycles. The monoisotopic (exact) mass is 300 g/mol. The number of aromatic nitrogens is 1. The van der Waals surface area contributed by atoms with E-state index in [1.54, 1.807) is 18.3 Å². The van der Waals surface area contributed by atoms with Gasteiger partial charge in [0.05, 0.1) is 5.69 Å². The molecule has 0 aliphatic carbocycles. The van der Waals surface area contributed by atoms with Crippen LogP contribution in [0.1, 0.15) is 19.5 Å². The summed E-state index contributed by atoms with van der Waals surface area (Å²) < 4.78 is 27.0. The fourth-order valence-electron chi connectivity index (χ4n) is 2.28. The molecule has 1 atom stereocenters. The molecular formula is C13H24N4O2S. The number of nitrogens with zero attached hydrogens (tertiary/aromatic N) is 3. The topological polar surface area (TPSA) is 79.5 Å². The first-order valence-electron chi connectivity index (χ1n) is 6.65. The van der Waals surface area contributed by atoms with Crippen molar-refractivity contribution in [2.24, 2.45) is 5.73 Å². The maximum Gasteiger partial charge on any atom is 0.245 e. The normalized spacial score (nSPS) is 13.9. The van der Waals surface area contributed by atoms with Gasteiger partial charge in [0.15, 0.2) is 0 Å². The molecule has 114 valence electrons. The molecule has 6 nitrogen and oxygen atoms in total. The Balaban J connectivity index is 3.18. The van der Waals surface area contributed by atoms with Crippen LogP contribution in [-0.4, -0.2) is 55.8 Å². The van der Waals surface area contributed by atoms with Crippen molar-refractivity contribution in [1.29, 1.82) is 0 Å². The van der Waals surface area contributed by atoms with E-state index in [-0.39, 0.29) is 17.5 Å². The zero-order valence-corrected chi connectivity index (χ0v) is 13.4. The number of nitrogens with two attached hydrogens (primary N) is 1. The van der Waals surface area contributed by atoms with Crippen molar-refractivity contribution in [3.05, 3.63) is 24.0 Å². The Morgan fingerprint density at radius 2 is 2.05 bits per heavy atom. The molecule has 0 saturated heterocycles. The highest BCUT2D eigenvalue weighted by Crippen LogP contribution is 2.20. The first-order chi connectivity index (χ1) is 9.34. The second kappa shape index (κ2) is 7.12. The summed E-state index contributed by atoms with van der Waals surface area (Å²) in [4.78, 5) is 6.23. The maximum absolute atomic E-state index is 12.8. The van der Waals surface area contributed by atoms with E-state index in [4.69, 9.17) is 5.73 Å². The molecule has 0 amide bonds. The number of hydrogen-bond acceptors (Lipinski definition) is 5. The van der Waals surface area contributed by atoms with E-state index in [1.807, 2.05) is 32.8 Å². The standard InChI is InChI=1S/C13H24N4O2S/c1-5-17(11(2)10-16(3)4)20(18,19)13-7-6-8-15-12(13)9-14/h6-8,11H,5,9-10,14H2,1-4H3. The Bertz CT molecular complexity index is 531. The second-order valence-electron chi connectivity index (χ2n) is 4.97. The first kappa shape index (κ1) is 17.0. The average molecular weight is 300 g/mol. The van der Waals surface area contributed by atoms with Gasteiger partial charge in [-0.05, 0) is 33.2 Å². The van der Waals surface area contributed by atoms with Crippen LogP contribution in [0.25, 0.3) is 0 Å². The molecule has 0 aliphatic rings. The summed E-state index contributed by atoms with van der Waals surface area (Å²) in [5, 5.41) is 0. The number of hydrogen-bond donors (Lipinski definition) is 1. The molecule has 2 N–H and O–H groups in total. The molecule has 0 fully saturated rings. The SMILES string of the molecule is CCN(C(C)CN(C)C)S(=O)(=O)c1cccnc1CN. The van der Waals surface area contributed by atoms with Crippen molar-refractivity contribution in [2.75, 3.05) is 27.2 Å². The number of likely N-dealkylation sites (N-methyl/N-ethyl adjacent to an activating group) is 2. The van der Waals surface area contributed by atoms with Crippen molar-refractivity contribution < 1.29 is 8.42 Å². The molecule has 0 spiro atoms. The summed E-state index contributed by atoms with van der Waals surface area (Å²) in [5.74, 6) is 0. The summed E-state index contributed by atoms with van der Waals surface area (Å²) in [7, 11) is 0.271. The molecule has 7 heteroatoms. The second-order valence-corrected chi connectivity index (χ2v) is 6.83. The van der Waals surface area contributed by atoms with Crippen molar-refractivity contribution in [3.8, 4) is 0 Å². The van der Waals surface area contributed by atoms with E-state index in [2.05, 4.69) is 4.98 Å². The summed E-state index contributed by atoms with van der Waals surface area (Å²) in [6, 6.07) is 3.07. The lowest BCUT2D eigenvalue weighted by atomic mass is 10.3. The quantitative estimate of drug-likeness (QED) is 0.793. The lowest BCUT2D eigenvalue weighted by Crippen LogP contribution is -2.44. The molecule has 1 aromatic rings. The van der Waals surface area contributed by atoms with Gasteiger partial charge in [0.1, 0.15) is 4.90 Å². The fraction of sp³-hybridized carbons (Fsp3) is 0.615. The van der Waals surface area contributed by atoms with Crippen LogP contribution >= 0.6 is 0 Å². The van der Waals surface area contributed by atoms with Crippen LogP contribution in [0.2, 0.25) is 0 Å². The summed E-state index contributed by atoms with van der Waals surface area (Å²) in [6.07, 6.45) is 1.56. The van der Waals surface area contributed by atoms with Crippen molar-refractivity contribution >= 4 is 10.0 Å². The number of rotatable bonds is 7. The predicted molar refractivity (Wildman–Crippen MR) is 79.7 cm³/mol. The average Bonchev–Trinajstić information content (AvgIpc) is 2.38. The molecule has 0 radical (unpaired) electrons. The van der Waals surface area contributed by atoms with Gasteiger partial charge in [-0.2, -0.15) is 4.31 Å². The molecular weight excluding hydrogens is 276 g/mol. The minimum atomic E-state index is -3.57. The van der Waals surface area contributed by atoms with Gasteiger partial charge in [-0.15, -0.1) is 0 Å². The van der Waals surface area contributed by atoms with Crippen LogP contribution in [0.4, 0.5) is 0 Å². The van der Waals surface area contributed by atoms with Gasteiger partial charge in [0, 0.05) is 31.9 Å². The van der Waals surface area contributed by atoms with Crippen LogP contribution in [0.15, 0.2) is 23.2 Å². The fourth-order valence-corrected chi connectivity index (χ4v) is 4.09. The predicted octanol–water partition coefficient (Wildman–Crippen LogP) is 0.501. The molecule has 1 heterocycles. The van der Waals surface area contributed by atoms with Gasteiger partial charge in [0.2, 0.25) is 10.0 Å². The highest BCUT2D eigenvalue weighted by Gasteiger charge is 2.29. The van der Waals surface area contributed by atoms with Gasteiger partial charge in [-0.3, -0.25) is 4.98 Å². The van der Waals surface area contributed by atoms with Gasteiger partial charge >= 0.3 is 0 Å². The Hall–Kier alpha value is -1.02. The van der Waals surface area contributed by atoms with E-state index < -0.39 is 10.0 Å². The van der Waals surface area contributed by atoms with E-state index in [9.17, 15) is 8.42 Å². The van der Waals surface area contributed by atoms with Crippen molar-refractivity contribution in [3.63, 3.8) is 0 Å². The van der Waals surface area contributed by atoms with Crippen LogP contribution in [-0.2, 0) is 16.6 Å². The molecule has 0 bridgehead atoms. The minimum Gasteiger partial charge on any atom is -0.325 e. The van der Waals surface area contributed by atoms with Gasteiger partial charge in [-0.1, -0.05) is 6.92 Å². The first-order valence-corrected chi connectivity index (χ1v) is 8.09. The smallest absolute Gasteiger partial charge is 0.245 e. The largest absolute Gasteiger partial charge is 0.325 e. The third-order valence-corrected chi connectivity index (χ3v) is 5.22. The highest BCUT2D eigenvalue weighted by molar-refractivity contribution is 7.89. The number of pyridine rings is 1. The summed E-state index contributed by atoms with van der Waals surface area (Å²) in [5.41, 5.74) is 6.00. The van der Waals surface area contributed by atoms with Crippen LogP contribution in [0.5, 0.6) is 0 Å². The van der Waals surface area contributed by atoms with Crippen molar-refractivity contribution in [1.82, 2.24) is 14.2 Å². The summed E-state index contributed by atoms with van der Waals surface area (Å²) in [6.45, 7) is 4.91. The Labute approximate surface area is 121 Å². The zero-order chi connectivity index (χ0) is 15.3. The third-order valence-electron chi connectivity index (χ3n) is 3.06. The third kappa shape index (κ3) is 3.76. The van der Waals surface area contributed by atoms with E-state index >= 15 is 0 Å². The maximum atomic E-state index is 12.8. The Morgan fingerprint density at radius 3 is 2.55 bits per heavy atom. The van der Waals surface area contributed by atoms with E-state index in [1.165, 1.54) is 4.31 Å². The zero-order valence-electron chi connectivity index (χ0n) is 12.6. The Kier molecular flexibility index (Phi) is 6.07. The summed E-state index contributed by atoms with van der Waals surface area (Å²) >= 11 is 0. The minimum absolute atomic E-state index is 0.106. The van der Waals surface area contributed by atoms with Crippen molar-refractivity contribution in [2.45, 2.75) is 31.3 Å².